The molecule has 0 radical (unpaired) electrons. The van der Waals surface area contributed by atoms with E-state index in [9.17, 15) is 9.18 Å². The summed E-state index contributed by atoms with van der Waals surface area (Å²) < 4.78 is 18.5. The highest BCUT2D eigenvalue weighted by molar-refractivity contribution is 6.31. The van der Waals surface area contributed by atoms with Gasteiger partial charge in [-0.05, 0) is 30.3 Å². The lowest BCUT2D eigenvalue weighted by molar-refractivity contribution is 0.101. The molecule has 0 saturated heterocycles. The fraction of sp³-hybridized carbons (Fsp3) is 0. The maximum Gasteiger partial charge on any atom is 0.228 e. The predicted octanol–water partition coefficient (Wildman–Crippen LogP) is 4.46. The van der Waals surface area contributed by atoms with E-state index in [1.54, 1.807) is 12.1 Å². The molecule has 0 aliphatic heterocycles. The van der Waals surface area contributed by atoms with Gasteiger partial charge in [0.1, 0.15) is 11.4 Å². The molecule has 2 aromatic carbocycles. The minimum absolute atomic E-state index is 0.0815. The Bertz CT molecular complexity index is 744. The Morgan fingerprint density at radius 3 is 2.63 bits per heavy atom. The molecule has 3 aromatic rings. The van der Waals surface area contributed by atoms with Crippen LogP contribution < -0.4 is 0 Å². The van der Waals surface area contributed by atoms with Crippen LogP contribution in [0, 0.1) is 5.82 Å². The quantitative estimate of drug-likeness (QED) is 0.646. The topological polar surface area (TPSA) is 30.2 Å². The number of halogens is 2. The average molecular weight is 275 g/mol. The van der Waals surface area contributed by atoms with E-state index in [2.05, 4.69) is 0 Å². The average Bonchev–Trinajstić information content (AvgIpc) is 2.85. The number of hydrogen-bond donors (Lipinski definition) is 0. The van der Waals surface area contributed by atoms with Gasteiger partial charge >= 0.3 is 0 Å². The zero-order valence-electron chi connectivity index (χ0n) is 9.69. The third-order valence-electron chi connectivity index (χ3n) is 2.83. The molecule has 4 heteroatoms. The summed E-state index contributed by atoms with van der Waals surface area (Å²) >= 11 is 5.67. The molecular formula is C15H8ClFO2. The lowest BCUT2D eigenvalue weighted by Gasteiger charge is -1.99. The fourth-order valence-corrected chi connectivity index (χ4v) is 2.05. The van der Waals surface area contributed by atoms with E-state index >= 15 is 0 Å². The Morgan fingerprint density at radius 2 is 1.89 bits per heavy atom. The standard InChI is InChI=1S/C15H8ClFO2/c16-11-7-10(5-6-12(11)17)15(18)14-8-9-3-1-2-4-13(9)19-14/h1-8H. The first kappa shape index (κ1) is 11.9. The molecule has 19 heavy (non-hydrogen) atoms. The van der Waals surface area contributed by atoms with Crippen LogP contribution in [-0.2, 0) is 0 Å². The van der Waals surface area contributed by atoms with Crippen LogP contribution in [0.25, 0.3) is 11.0 Å². The molecule has 0 fully saturated rings. The van der Waals surface area contributed by atoms with Gasteiger partial charge in [0.05, 0.1) is 5.02 Å². The molecule has 3 rings (SSSR count). The largest absolute Gasteiger partial charge is 0.453 e. The number of carbonyl (C=O) groups is 1. The molecule has 0 N–H and O–H groups in total. The first-order chi connectivity index (χ1) is 9.15. The van der Waals surface area contributed by atoms with Crippen molar-refractivity contribution in [3.63, 3.8) is 0 Å². The van der Waals surface area contributed by atoms with E-state index in [4.69, 9.17) is 16.0 Å². The second kappa shape index (κ2) is 4.52. The normalized spacial score (nSPS) is 10.8. The fourth-order valence-electron chi connectivity index (χ4n) is 1.87. The van der Waals surface area contributed by atoms with Gasteiger partial charge in [-0.3, -0.25) is 4.79 Å². The number of hydrogen-bond acceptors (Lipinski definition) is 2. The monoisotopic (exact) mass is 274 g/mol. The Hall–Kier alpha value is -2.13. The summed E-state index contributed by atoms with van der Waals surface area (Å²) in [6, 6.07) is 12.8. The zero-order valence-corrected chi connectivity index (χ0v) is 10.4. The molecule has 0 bridgehead atoms. The van der Waals surface area contributed by atoms with Crippen molar-refractivity contribution in [2.45, 2.75) is 0 Å². The molecule has 0 atom stereocenters. The summed E-state index contributed by atoms with van der Waals surface area (Å²) in [5.41, 5.74) is 0.935. The highest BCUT2D eigenvalue weighted by atomic mass is 35.5. The van der Waals surface area contributed by atoms with Gasteiger partial charge in [0, 0.05) is 10.9 Å². The predicted molar refractivity (Wildman–Crippen MR) is 71.1 cm³/mol. The molecule has 0 spiro atoms. The molecular weight excluding hydrogens is 267 g/mol. The molecule has 1 aromatic heterocycles. The Balaban J connectivity index is 2.05. The highest BCUT2D eigenvalue weighted by Crippen LogP contribution is 2.23. The lowest BCUT2D eigenvalue weighted by atomic mass is 10.1. The third kappa shape index (κ3) is 2.13. The van der Waals surface area contributed by atoms with Crippen LogP contribution in [0.4, 0.5) is 4.39 Å². The SMILES string of the molecule is O=C(c1ccc(F)c(Cl)c1)c1cc2ccccc2o1. The molecule has 94 valence electrons. The van der Waals surface area contributed by atoms with E-state index < -0.39 is 5.82 Å². The Morgan fingerprint density at radius 1 is 1.11 bits per heavy atom. The van der Waals surface area contributed by atoms with Gasteiger partial charge in [0.15, 0.2) is 5.76 Å². The maximum absolute atomic E-state index is 13.1. The number of rotatable bonds is 2. The van der Waals surface area contributed by atoms with E-state index in [1.807, 2.05) is 18.2 Å². The van der Waals surface area contributed by atoms with Crippen LogP contribution in [0.5, 0.6) is 0 Å². The lowest BCUT2D eigenvalue weighted by Crippen LogP contribution is -1.99. The maximum atomic E-state index is 13.1. The van der Waals surface area contributed by atoms with E-state index in [1.165, 1.54) is 12.1 Å². The first-order valence-electron chi connectivity index (χ1n) is 5.63. The summed E-state index contributed by atoms with van der Waals surface area (Å²) in [6.45, 7) is 0. The van der Waals surface area contributed by atoms with E-state index in [0.29, 0.717) is 11.1 Å². The van der Waals surface area contributed by atoms with E-state index in [0.717, 1.165) is 11.5 Å². The number of fused-ring (bicyclic) bond motifs is 1. The van der Waals surface area contributed by atoms with Crippen molar-refractivity contribution in [3.8, 4) is 0 Å². The van der Waals surface area contributed by atoms with Crippen molar-refractivity contribution in [2.75, 3.05) is 0 Å². The molecule has 1 heterocycles. The van der Waals surface area contributed by atoms with Crippen LogP contribution in [0.2, 0.25) is 5.02 Å². The van der Waals surface area contributed by atoms with Crippen molar-refractivity contribution in [1.29, 1.82) is 0 Å². The van der Waals surface area contributed by atoms with Gasteiger partial charge in [0.2, 0.25) is 5.78 Å². The van der Waals surface area contributed by atoms with Gasteiger partial charge in [-0.15, -0.1) is 0 Å². The second-order valence-electron chi connectivity index (χ2n) is 4.11. The van der Waals surface area contributed by atoms with Crippen LogP contribution in [0.15, 0.2) is 52.9 Å². The molecule has 0 amide bonds. The van der Waals surface area contributed by atoms with E-state index in [-0.39, 0.29) is 16.6 Å². The van der Waals surface area contributed by atoms with Crippen molar-refractivity contribution in [1.82, 2.24) is 0 Å². The van der Waals surface area contributed by atoms with Crippen LogP contribution in [0.1, 0.15) is 16.1 Å². The van der Waals surface area contributed by atoms with Crippen molar-refractivity contribution in [2.24, 2.45) is 0 Å². The van der Waals surface area contributed by atoms with Gasteiger partial charge in [-0.2, -0.15) is 0 Å². The Labute approximate surface area is 113 Å². The van der Waals surface area contributed by atoms with Gasteiger partial charge in [-0.25, -0.2) is 4.39 Å². The molecule has 2 nitrogen and oxygen atoms in total. The molecule has 0 aliphatic rings. The van der Waals surface area contributed by atoms with Crippen molar-refractivity contribution >= 4 is 28.4 Å². The molecule has 0 saturated carbocycles. The zero-order chi connectivity index (χ0) is 13.4. The molecule has 0 unspecified atom stereocenters. The minimum atomic E-state index is -0.553. The number of carbonyl (C=O) groups excluding carboxylic acids is 1. The summed E-state index contributed by atoms with van der Waals surface area (Å²) in [4.78, 5) is 12.2. The third-order valence-corrected chi connectivity index (χ3v) is 3.12. The number of benzene rings is 2. The van der Waals surface area contributed by atoms with Gasteiger partial charge in [0.25, 0.3) is 0 Å². The van der Waals surface area contributed by atoms with Crippen molar-refractivity contribution in [3.05, 3.63) is 70.7 Å². The number of para-hydroxylation sites is 1. The van der Waals surface area contributed by atoms with Gasteiger partial charge in [-0.1, -0.05) is 29.8 Å². The van der Waals surface area contributed by atoms with Gasteiger partial charge < -0.3 is 4.42 Å². The minimum Gasteiger partial charge on any atom is -0.453 e. The molecule has 0 aliphatic carbocycles. The number of furan rings is 1. The summed E-state index contributed by atoms with van der Waals surface area (Å²) in [5, 5.41) is 0.765. The Kier molecular flexibility index (Phi) is 2.84. The second-order valence-corrected chi connectivity index (χ2v) is 4.51. The summed E-state index contributed by atoms with van der Waals surface area (Å²) in [6.07, 6.45) is 0. The van der Waals surface area contributed by atoms with Crippen molar-refractivity contribution < 1.29 is 13.6 Å². The number of ketones is 1. The first-order valence-corrected chi connectivity index (χ1v) is 6.01. The highest BCUT2D eigenvalue weighted by Gasteiger charge is 2.15. The summed E-state index contributed by atoms with van der Waals surface area (Å²) in [7, 11) is 0. The van der Waals surface area contributed by atoms with Crippen LogP contribution in [0.3, 0.4) is 0 Å². The van der Waals surface area contributed by atoms with Crippen LogP contribution >= 0.6 is 11.6 Å². The smallest absolute Gasteiger partial charge is 0.228 e. The van der Waals surface area contributed by atoms with Crippen LogP contribution in [-0.4, -0.2) is 5.78 Å². The summed E-state index contributed by atoms with van der Waals surface area (Å²) in [5.74, 6) is -0.662.